The van der Waals surface area contributed by atoms with Gasteiger partial charge in [-0.1, -0.05) is 17.7 Å². The summed E-state index contributed by atoms with van der Waals surface area (Å²) >= 11 is 5.85. The van der Waals surface area contributed by atoms with Crippen molar-refractivity contribution in [1.29, 1.82) is 0 Å². The molecule has 29 heavy (non-hydrogen) atoms. The van der Waals surface area contributed by atoms with Crippen LogP contribution in [0.1, 0.15) is 19.3 Å². The fourth-order valence-electron chi connectivity index (χ4n) is 2.85. The summed E-state index contributed by atoms with van der Waals surface area (Å²) in [6.45, 7) is 4.52. The first kappa shape index (κ1) is 23.9. The number of aliphatic imine (C=N–C) groups is 1. The number of nitrogens with one attached hydrogen (secondary N) is 3. The van der Waals surface area contributed by atoms with E-state index in [4.69, 9.17) is 21.1 Å². The smallest absolute Gasteiger partial charge is 0.240 e. The zero-order chi connectivity index (χ0) is 21.0. The summed E-state index contributed by atoms with van der Waals surface area (Å²) in [4.78, 5) is 4.27. The summed E-state index contributed by atoms with van der Waals surface area (Å²) in [6.07, 6.45) is 3.02. The molecule has 0 saturated carbocycles. The molecule has 1 aliphatic rings. The fourth-order valence-corrected chi connectivity index (χ4v) is 4.18. The van der Waals surface area contributed by atoms with Crippen LogP contribution in [0.5, 0.6) is 0 Å². The van der Waals surface area contributed by atoms with E-state index >= 15 is 0 Å². The Morgan fingerprint density at radius 3 is 2.72 bits per heavy atom. The van der Waals surface area contributed by atoms with E-state index in [1.807, 2.05) is 0 Å². The van der Waals surface area contributed by atoms with Crippen LogP contribution in [0.2, 0.25) is 5.02 Å². The van der Waals surface area contributed by atoms with E-state index in [9.17, 15) is 8.42 Å². The van der Waals surface area contributed by atoms with Gasteiger partial charge in [0.25, 0.3) is 0 Å². The third-order valence-electron chi connectivity index (χ3n) is 4.49. The number of nitrogens with zero attached hydrogens (tertiary/aromatic N) is 1. The average Bonchev–Trinajstić information content (AvgIpc) is 2.72. The summed E-state index contributed by atoms with van der Waals surface area (Å²) in [5.74, 6) is 1.23. The van der Waals surface area contributed by atoms with Crippen molar-refractivity contribution in [3.05, 3.63) is 29.3 Å². The maximum Gasteiger partial charge on any atom is 0.240 e. The van der Waals surface area contributed by atoms with Gasteiger partial charge < -0.3 is 20.1 Å². The summed E-state index contributed by atoms with van der Waals surface area (Å²) < 4.78 is 38.1. The fraction of sp³-hybridized carbons (Fsp3) is 0.632. The lowest BCUT2D eigenvalue weighted by atomic mass is 10.0. The molecule has 10 heteroatoms. The van der Waals surface area contributed by atoms with Gasteiger partial charge in [0.1, 0.15) is 0 Å². The van der Waals surface area contributed by atoms with Gasteiger partial charge in [0.05, 0.1) is 4.90 Å². The molecule has 1 aromatic carbocycles. The number of halogens is 1. The first-order valence-corrected chi connectivity index (χ1v) is 11.7. The van der Waals surface area contributed by atoms with Crippen molar-refractivity contribution in [2.45, 2.75) is 24.2 Å². The third kappa shape index (κ3) is 9.31. The highest BCUT2D eigenvalue weighted by Gasteiger charge is 2.14. The second kappa shape index (κ2) is 13.0. The van der Waals surface area contributed by atoms with E-state index < -0.39 is 10.0 Å². The van der Waals surface area contributed by atoms with Crippen LogP contribution >= 0.6 is 11.6 Å². The van der Waals surface area contributed by atoms with E-state index in [-0.39, 0.29) is 11.4 Å². The standard InChI is InChI=1S/C19H31ClN4O4S/c1-21-19(22-8-3-11-28-15-16-6-12-27-13-7-16)23-9-10-24-29(25,26)18-5-2-4-17(20)14-18/h2,4-5,14,16,24H,3,6-13,15H2,1H3,(H2,21,22,23). The lowest BCUT2D eigenvalue weighted by Crippen LogP contribution is -2.42. The molecule has 0 aliphatic carbocycles. The van der Waals surface area contributed by atoms with Crippen molar-refractivity contribution in [2.75, 3.05) is 53.1 Å². The number of ether oxygens (including phenoxy) is 2. The van der Waals surface area contributed by atoms with Crippen LogP contribution in [0.15, 0.2) is 34.2 Å². The molecular weight excluding hydrogens is 416 g/mol. The van der Waals surface area contributed by atoms with Crippen LogP contribution < -0.4 is 15.4 Å². The van der Waals surface area contributed by atoms with Gasteiger partial charge in [0, 0.05) is 58.1 Å². The van der Waals surface area contributed by atoms with Gasteiger partial charge in [0.15, 0.2) is 5.96 Å². The van der Waals surface area contributed by atoms with Crippen molar-refractivity contribution in [2.24, 2.45) is 10.9 Å². The molecule has 2 rings (SSSR count). The molecule has 1 fully saturated rings. The van der Waals surface area contributed by atoms with Gasteiger partial charge >= 0.3 is 0 Å². The van der Waals surface area contributed by atoms with Crippen molar-refractivity contribution >= 4 is 27.6 Å². The molecule has 1 saturated heterocycles. The van der Waals surface area contributed by atoms with Gasteiger partial charge in [-0.15, -0.1) is 0 Å². The predicted molar refractivity (Wildman–Crippen MR) is 115 cm³/mol. The summed E-state index contributed by atoms with van der Waals surface area (Å²) in [5.41, 5.74) is 0. The largest absolute Gasteiger partial charge is 0.381 e. The first-order chi connectivity index (χ1) is 14.0. The van der Waals surface area contributed by atoms with Gasteiger partial charge in [-0.3, -0.25) is 4.99 Å². The highest BCUT2D eigenvalue weighted by molar-refractivity contribution is 7.89. The molecule has 8 nitrogen and oxygen atoms in total. The molecule has 1 aromatic rings. The Bertz CT molecular complexity index is 739. The van der Waals surface area contributed by atoms with Crippen molar-refractivity contribution in [1.82, 2.24) is 15.4 Å². The number of benzene rings is 1. The van der Waals surface area contributed by atoms with Crippen molar-refractivity contribution < 1.29 is 17.9 Å². The van der Waals surface area contributed by atoms with E-state index in [1.165, 1.54) is 12.1 Å². The van der Waals surface area contributed by atoms with Crippen LogP contribution in [0.25, 0.3) is 0 Å². The Morgan fingerprint density at radius 1 is 1.24 bits per heavy atom. The molecule has 0 aromatic heterocycles. The lowest BCUT2D eigenvalue weighted by molar-refractivity contribution is 0.0203. The Kier molecular flexibility index (Phi) is 10.7. The molecular formula is C19H31ClN4O4S. The molecule has 0 radical (unpaired) electrons. The molecule has 0 atom stereocenters. The van der Waals surface area contributed by atoms with Crippen LogP contribution in [-0.4, -0.2) is 67.5 Å². The topological polar surface area (TPSA) is 101 Å². The Labute approximate surface area is 178 Å². The maximum absolute atomic E-state index is 12.2. The van der Waals surface area contributed by atoms with Gasteiger partial charge in [-0.2, -0.15) is 0 Å². The number of guanidine groups is 1. The molecule has 164 valence electrons. The number of sulfonamides is 1. The second-order valence-corrected chi connectivity index (χ2v) is 8.97. The molecule has 0 spiro atoms. The predicted octanol–water partition coefficient (Wildman–Crippen LogP) is 1.62. The Balaban J connectivity index is 1.55. The van der Waals surface area contributed by atoms with Crippen molar-refractivity contribution in [3.8, 4) is 0 Å². The third-order valence-corrected chi connectivity index (χ3v) is 6.19. The summed E-state index contributed by atoms with van der Waals surface area (Å²) in [7, 11) is -1.91. The van der Waals surface area contributed by atoms with Crippen LogP contribution in [0.3, 0.4) is 0 Å². The summed E-state index contributed by atoms with van der Waals surface area (Å²) in [6, 6.07) is 6.16. The molecule has 0 bridgehead atoms. The number of rotatable bonds is 11. The number of hydrogen-bond acceptors (Lipinski definition) is 5. The Hall–Kier alpha value is -1.39. The van der Waals surface area contributed by atoms with Crippen LogP contribution in [-0.2, 0) is 19.5 Å². The van der Waals surface area contributed by atoms with E-state index in [2.05, 4.69) is 20.3 Å². The zero-order valence-electron chi connectivity index (χ0n) is 16.8. The SMILES string of the molecule is CN=C(NCCCOCC1CCOCC1)NCCNS(=O)(=O)c1cccc(Cl)c1. The minimum atomic E-state index is -3.58. The van der Waals surface area contributed by atoms with E-state index in [0.29, 0.717) is 30.1 Å². The maximum atomic E-state index is 12.2. The second-order valence-electron chi connectivity index (χ2n) is 6.77. The van der Waals surface area contributed by atoms with E-state index in [1.54, 1.807) is 19.2 Å². The van der Waals surface area contributed by atoms with Gasteiger partial charge in [0.2, 0.25) is 10.0 Å². The Morgan fingerprint density at radius 2 is 2.00 bits per heavy atom. The first-order valence-electron chi connectivity index (χ1n) is 9.86. The zero-order valence-corrected chi connectivity index (χ0v) is 18.4. The molecule has 1 aliphatic heterocycles. The normalized spacial score (nSPS) is 16.0. The molecule has 3 N–H and O–H groups in total. The van der Waals surface area contributed by atoms with Crippen LogP contribution in [0, 0.1) is 5.92 Å². The van der Waals surface area contributed by atoms with E-state index in [0.717, 1.165) is 45.6 Å². The monoisotopic (exact) mass is 446 g/mol. The minimum Gasteiger partial charge on any atom is -0.381 e. The highest BCUT2D eigenvalue weighted by atomic mass is 35.5. The highest BCUT2D eigenvalue weighted by Crippen LogP contribution is 2.15. The average molecular weight is 447 g/mol. The number of hydrogen-bond donors (Lipinski definition) is 3. The minimum absolute atomic E-state index is 0.147. The van der Waals surface area contributed by atoms with Gasteiger partial charge in [-0.25, -0.2) is 13.1 Å². The molecule has 0 amide bonds. The molecule has 1 heterocycles. The lowest BCUT2D eigenvalue weighted by Gasteiger charge is -2.21. The summed E-state index contributed by atoms with van der Waals surface area (Å²) in [5, 5.41) is 6.65. The van der Waals surface area contributed by atoms with Crippen LogP contribution in [0.4, 0.5) is 0 Å². The quantitative estimate of drug-likeness (QED) is 0.271. The molecule has 0 unspecified atom stereocenters. The van der Waals surface area contributed by atoms with Gasteiger partial charge in [-0.05, 0) is 43.4 Å². The van der Waals surface area contributed by atoms with Crippen molar-refractivity contribution in [3.63, 3.8) is 0 Å².